The summed E-state index contributed by atoms with van der Waals surface area (Å²) < 4.78 is 6.63. The first-order valence-corrected chi connectivity index (χ1v) is 16.4. The number of hydrogen-bond acceptors (Lipinski definition) is 2. The summed E-state index contributed by atoms with van der Waals surface area (Å²) in [6.07, 6.45) is 10.5. The van der Waals surface area contributed by atoms with Crippen molar-refractivity contribution in [2.45, 2.75) is 123 Å². The zero-order chi connectivity index (χ0) is 21.1. The van der Waals surface area contributed by atoms with Crippen molar-refractivity contribution in [3.8, 4) is 0 Å². The van der Waals surface area contributed by atoms with E-state index in [0.717, 1.165) is 12.8 Å². The van der Waals surface area contributed by atoms with Crippen LogP contribution in [0.4, 0.5) is 0 Å². The fourth-order valence-electron chi connectivity index (χ4n) is 2.05. The van der Waals surface area contributed by atoms with E-state index in [0.29, 0.717) is 16.7 Å². The summed E-state index contributed by atoms with van der Waals surface area (Å²) in [5, 5.41) is 9.14. The summed E-state index contributed by atoms with van der Waals surface area (Å²) in [5.41, 5.74) is 0. The molecule has 0 radical (unpaired) electrons. The first kappa shape index (κ1) is 28.3. The summed E-state index contributed by atoms with van der Waals surface area (Å²) >= 11 is 0. The van der Waals surface area contributed by atoms with Gasteiger partial charge in [0.1, 0.15) is 0 Å². The molecule has 0 aliphatic carbocycles. The maximum Gasteiger partial charge on any atom is 0.178 e. The van der Waals surface area contributed by atoms with Gasteiger partial charge in [0.15, 0.2) is 16.6 Å². The maximum atomic E-state index is 8.49. The third-order valence-electron chi connectivity index (χ3n) is 5.94. The Morgan fingerprint density at radius 1 is 0.731 bits per heavy atom. The fourth-order valence-corrected chi connectivity index (χ4v) is 9.60. The molecule has 0 saturated heterocycles. The van der Waals surface area contributed by atoms with Crippen LogP contribution in [0.5, 0.6) is 0 Å². The van der Waals surface area contributed by atoms with Crippen LogP contribution < -0.4 is 0 Å². The van der Waals surface area contributed by atoms with Crippen LogP contribution >= 0.6 is 0 Å². The summed E-state index contributed by atoms with van der Waals surface area (Å²) in [6, 6.07) is 0. The van der Waals surface area contributed by atoms with E-state index in [1.165, 1.54) is 32.1 Å². The molecule has 0 unspecified atom stereocenters. The highest BCUT2D eigenvalue weighted by atomic mass is 28.4. The molecule has 0 aliphatic heterocycles. The zero-order valence-corrected chi connectivity index (χ0v) is 21.8. The number of aliphatic hydroxyl groups excluding tert-OH is 1. The molecule has 0 aromatic heterocycles. The molecule has 0 rings (SSSR count). The van der Waals surface area contributed by atoms with Crippen LogP contribution in [0.25, 0.3) is 0 Å². The summed E-state index contributed by atoms with van der Waals surface area (Å²) in [5.74, 6) is 0. The van der Waals surface area contributed by atoms with Crippen LogP contribution in [0.15, 0.2) is 12.7 Å². The number of aliphatic hydroxyl groups is 1. The lowest BCUT2D eigenvalue weighted by Gasteiger charge is -2.47. The summed E-state index contributed by atoms with van der Waals surface area (Å²) in [6.45, 7) is 27.3. The molecular formula is C22H50O2Si2. The van der Waals surface area contributed by atoms with Gasteiger partial charge in [0, 0.05) is 6.61 Å². The van der Waals surface area contributed by atoms with Crippen molar-refractivity contribution in [1.29, 1.82) is 0 Å². The summed E-state index contributed by atoms with van der Waals surface area (Å²) in [4.78, 5) is 0. The zero-order valence-electron chi connectivity index (χ0n) is 19.8. The third kappa shape index (κ3) is 12.5. The number of hydrogen-bond donors (Lipinski definition) is 1. The predicted molar refractivity (Wildman–Crippen MR) is 125 cm³/mol. The van der Waals surface area contributed by atoms with Gasteiger partial charge in [0.25, 0.3) is 0 Å². The Morgan fingerprint density at radius 3 is 1.38 bits per heavy atom. The van der Waals surface area contributed by atoms with Crippen molar-refractivity contribution in [2.24, 2.45) is 0 Å². The molecule has 4 heteroatoms. The van der Waals surface area contributed by atoms with Crippen molar-refractivity contribution >= 4 is 16.6 Å². The second-order valence-electron chi connectivity index (χ2n) is 10.5. The lowest BCUT2D eigenvalue weighted by molar-refractivity contribution is 0.282. The van der Waals surface area contributed by atoms with Crippen molar-refractivity contribution in [1.82, 2.24) is 0 Å². The Kier molecular flexibility index (Phi) is 13.6. The van der Waals surface area contributed by atoms with Crippen molar-refractivity contribution in [3.05, 3.63) is 12.7 Å². The van der Waals surface area contributed by atoms with Gasteiger partial charge < -0.3 is 9.22 Å². The molecule has 0 aromatic rings. The largest absolute Gasteiger partial charge is 0.455 e. The van der Waals surface area contributed by atoms with E-state index in [9.17, 15) is 0 Å². The molecule has 26 heavy (non-hydrogen) atoms. The average Bonchev–Trinajstić information content (AvgIpc) is 2.43. The van der Waals surface area contributed by atoms with Crippen molar-refractivity contribution in [2.75, 3.05) is 6.61 Å². The normalized spacial score (nSPS) is 13.2. The van der Waals surface area contributed by atoms with Gasteiger partial charge in [0.05, 0.1) is 0 Å². The lowest BCUT2D eigenvalue weighted by atomic mass is 10.1. The Hall–Kier alpha value is 0.0938. The SMILES string of the molecule is C=CCCCCCCCCO.CC(C)(C)[Si](C)(C)O[Si](C)(C)C(C)(C)C. The van der Waals surface area contributed by atoms with Crippen LogP contribution in [0.3, 0.4) is 0 Å². The van der Waals surface area contributed by atoms with E-state index < -0.39 is 16.6 Å². The van der Waals surface area contributed by atoms with E-state index in [-0.39, 0.29) is 0 Å². The van der Waals surface area contributed by atoms with E-state index in [4.69, 9.17) is 9.22 Å². The van der Waals surface area contributed by atoms with E-state index in [1.807, 2.05) is 6.08 Å². The molecule has 0 spiro atoms. The molecule has 0 heterocycles. The molecule has 0 fully saturated rings. The van der Waals surface area contributed by atoms with Gasteiger partial charge >= 0.3 is 0 Å². The van der Waals surface area contributed by atoms with Gasteiger partial charge in [-0.05, 0) is 55.5 Å². The van der Waals surface area contributed by atoms with Crippen LogP contribution in [0.2, 0.25) is 36.3 Å². The van der Waals surface area contributed by atoms with Gasteiger partial charge in [0.2, 0.25) is 0 Å². The second kappa shape index (κ2) is 12.5. The highest BCUT2D eigenvalue weighted by molar-refractivity contribution is 6.87. The minimum atomic E-state index is -1.59. The smallest absolute Gasteiger partial charge is 0.178 e. The highest BCUT2D eigenvalue weighted by Crippen LogP contribution is 2.44. The van der Waals surface area contributed by atoms with E-state index in [1.54, 1.807) is 0 Å². The number of rotatable bonds is 10. The van der Waals surface area contributed by atoms with E-state index in [2.05, 4.69) is 74.3 Å². The Morgan fingerprint density at radius 2 is 1.08 bits per heavy atom. The molecule has 0 aromatic carbocycles. The minimum Gasteiger partial charge on any atom is -0.455 e. The standard InChI is InChI=1S/C12H30OSi2.C10H20O/c1-11(2,3)14(7,8)13-15(9,10)12(4,5)6;1-2-3-4-5-6-7-8-9-10-11/h1-10H3;2,11H,1,3-10H2. The topological polar surface area (TPSA) is 29.5 Å². The summed E-state index contributed by atoms with van der Waals surface area (Å²) in [7, 11) is -3.18. The number of allylic oxidation sites excluding steroid dienone is 1. The maximum absolute atomic E-state index is 8.49. The van der Waals surface area contributed by atoms with Crippen LogP contribution in [-0.2, 0) is 4.12 Å². The quantitative estimate of drug-likeness (QED) is 0.228. The second-order valence-corrected chi connectivity index (χ2v) is 20.4. The Bertz CT molecular complexity index is 339. The molecule has 2 nitrogen and oxygen atoms in total. The first-order chi connectivity index (χ1) is 11.6. The monoisotopic (exact) mass is 402 g/mol. The minimum absolute atomic E-state index is 0.322. The molecule has 0 bridgehead atoms. The molecule has 0 amide bonds. The molecular weight excluding hydrogens is 352 g/mol. The van der Waals surface area contributed by atoms with Gasteiger partial charge in [-0.1, -0.05) is 73.3 Å². The average molecular weight is 403 g/mol. The van der Waals surface area contributed by atoms with Gasteiger partial charge in [-0.25, -0.2) is 0 Å². The fraction of sp³-hybridized carbons (Fsp3) is 0.909. The lowest BCUT2D eigenvalue weighted by Crippen LogP contribution is -2.53. The Balaban J connectivity index is 0. The highest BCUT2D eigenvalue weighted by Gasteiger charge is 2.46. The first-order valence-electron chi connectivity index (χ1n) is 10.5. The van der Waals surface area contributed by atoms with Gasteiger partial charge in [-0.15, -0.1) is 6.58 Å². The molecule has 1 N–H and O–H groups in total. The van der Waals surface area contributed by atoms with Crippen LogP contribution in [0.1, 0.15) is 86.5 Å². The van der Waals surface area contributed by atoms with Crippen LogP contribution in [-0.4, -0.2) is 28.3 Å². The molecule has 0 atom stereocenters. The molecule has 158 valence electrons. The van der Waals surface area contributed by atoms with E-state index >= 15 is 0 Å². The predicted octanol–water partition coefficient (Wildman–Crippen LogP) is 7.91. The van der Waals surface area contributed by atoms with Gasteiger partial charge in [-0.2, -0.15) is 0 Å². The number of unbranched alkanes of at least 4 members (excludes halogenated alkanes) is 6. The van der Waals surface area contributed by atoms with Gasteiger partial charge in [-0.3, -0.25) is 0 Å². The third-order valence-corrected chi connectivity index (χ3v) is 17.2. The molecule has 0 aliphatic rings. The molecule has 0 saturated carbocycles. The van der Waals surface area contributed by atoms with Crippen LogP contribution in [0, 0.1) is 0 Å². The van der Waals surface area contributed by atoms with Crippen molar-refractivity contribution in [3.63, 3.8) is 0 Å². The Labute approximate surface area is 168 Å². The van der Waals surface area contributed by atoms with Crippen molar-refractivity contribution < 1.29 is 9.22 Å².